The summed E-state index contributed by atoms with van der Waals surface area (Å²) in [6.07, 6.45) is 5.07. The number of nitrogens with one attached hydrogen (secondary N) is 1. The molecular weight excluding hydrogens is 390 g/mol. The zero-order valence-electron chi connectivity index (χ0n) is 17.3. The van der Waals surface area contributed by atoms with E-state index >= 15 is 0 Å². The summed E-state index contributed by atoms with van der Waals surface area (Å²) in [4.78, 5) is 15.6. The first-order chi connectivity index (χ1) is 14.0. The second-order valence-corrected chi connectivity index (χ2v) is 7.75. The third-order valence-corrected chi connectivity index (χ3v) is 5.87. The Labute approximate surface area is 175 Å². The van der Waals surface area contributed by atoms with Gasteiger partial charge in [0.2, 0.25) is 5.88 Å². The van der Waals surface area contributed by atoms with Gasteiger partial charge < -0.3 is 19.9 Å². The Balaban J connectivity index is 2.06. The summed E-state index contributed by atoms with van der Waals surface area (Å²) < 4.78 is 12.8. The summed E-state index contributed by atoms with van der Waals surface area (Å²) in [7, 11) is 3.20. The van der Waals surface area contributed by atoms with Gasteiger partial charge in [0, 0.05) is 18.5 Å². The van der Waals surface area contributed by atoms with Crippen molar-refractivity contribution in [1.82, 2.24) is 9.55 Å². The molecule has 2 heterocycles. The van der Waals surface area contributed by atoms with Crippen molar-refractivity contribution in [3.63, 3.8) is 0 Å². The highest BCUT2D eigenvalue weighted by Gasteiger charge is 2.32. The van der Waals surface area contributed by atoms with Gasteiger partial charge in [0.15, 0.2) is 16.3 Å². The first-order valence-electron chi connectivity index (χ1n) is 10.2. The fraction of sp³-hybridized carbons (Fsp3) is 0.524. The van der Waals surface area contributed by atoms with E-state index in [4.69, 9.17) is 21.7 Å². The number of aromatic hydroxyl groups is 1. The van der Waals surface area contributed by atoms with E-state index in [1.54, 1.807) is 18.8 Å². The van der Waals surface area contributed by atoms with Gasteiger partial charge in [-0.3, -0.25) is 14.3 Å². The maximum Gasteiger partial charge on any atom is 0.265 e. The molecule has 29 heavy (non-hydrogen) atoms. The lowest BCUT2D eigenvalue weighted by Crippen LogP contribution is -2.87. The molecule has 0 saturated carbocycles. The average molecular weight is 421 g/mol. The molecule has 0 radical (unpaired) electrons. The van der Waals surface area contributed by atoms with E-state index in [0.717, 1.165) is 49.8 Å². The first kappa shape index (κ1) is 21.4. The maximum atomic E-state index is 12.8. The molecule has 8 heteroatoms. The fourth-order valence-electron chi connectivity index (χ4n) is 4.01. The molecule has 0 fully saturated rings. The van der Waals surface area contributed by atoms with E-state index in [1.165, 1.54) is 0 Å². The van der Waals surface area contributed by atoms with Crippen molar-refractivity contribution < 1.29 is 19.9 Å². The summed E-state index contributed by atoms with van der Waals surface area (Å²) in [5.41, 5.74) is 2.03. The van der Waals surface area contributed by atoms with Crippen molar-refractivity contribution >= 4 is 12.2 Å². The van der Waals surface area contributed by atoms with Crippen LogP contribution in [0.4, 0.5) is 0 Å². The number of nitrogens with two attached hydrogens (primary N) is 1. The Morgan fingerprint density at radius 1 is 1.24 bits per heavy atom. The van der Waals surface area contributed by atoms with Gasteiger partial charge in [0.1, 0.15) is 11.6 Å². The molecule has 1 atom stereocenters. The zero-order valence-corrected chi connectivity index (χ0v) is 18.1. The lowest BCUT2D eigenvalue weighted by atomic mass is 9.90. The molecule has 2 aromatic rings. The van der Waals surface area contributed by atoms with E-state index in [1.807, 2.05) is 12.1 Å². The molecular formula is C21H30N3O4S+. The molecule has 0 aliphatic carbocycles. The van der Waals surface area contributed by atoms with Crippen LogP contribution in [0.1, 0.15) is 55.3 Å². The van der Waals surface area contributed by atoms with Crippen molar-refractivity contribution in [3.05, 3.63) is 43.9 Å². The number of fused-ring (bicyclic) bond motifs is 1. The number of ether oxygens (including phenoxy) is 2. The minimum Gasteiger partial charge on any atom is -0.494 e. The summed E-state index contributed by atoms with van der Waals surface area (Å²) in [5.74, 6) is 1.23. The number of hydrogen-bond acceptors (Lipinski definition) is 5. The fourth-order valence-corrected chi connectivity index (χ4v) is 4.28. The van der Waals surface area contributed by atoms with Crippen LogP contribution < -0.4 is 20.3 Å². The predicted molar refractivity (Wildman–Crippen MR) is 114 cm³/mol. The minimum absolute atomic E-state index is 0.0425. The van der Waals surface area contributed by atoms with Gasteiger partial charge in [-0.15, -0.1) is 0 Å². The van der Waals surface area contributed by atoms with Crippen molar-refractivity contribution in [3.8, 4) is 17.4 Å². The molecule has 0 amide bonds. The van der Waals surface area contributed by atoms with Gasteiger partial charge in [-0.25, -0.2) is 0 Å². The van der Waals surface area contributed by atoms with E-state index in [2.05, 4.69) is 17.2 Å². The Bertz CT molecular complexity index is 983. The molecule has 158 valence electrons. The second kappa shape index (κ2) is 9.45. The summed E-state index contributed by atoms with van der Waals surface area (Å²) in [6.45, 7) is 3.54. The molecule has 7 nitrogen and oxygen atoms in total. The van der Waals surface area contributed by atoms with Gasteiger partial charge >= 0.3 is 0 Å². The summed E-state index contributed by atoms with van der Waals surface area (Å²) >= 11 is 5.32. The van der Waals surface area contributed by atoms with Gasteiger partial charge in [-0.2, -0.15) is 0 Å². The van der Waals surface area contributed by atoms with Crippen LogP contribution in [0.3, 0.4) is 0 Å². The lowest BCUT2D eigenvalue weighted by molar-refractivity contribution is -0.690. The highest BCUT2D eigenvalue weighted by atomic mass is 32.1. The number of aromatic nitrogens is 2. The SMILES string of the molecule is CCCCCCn1c(O)c([C@@H]2[NH2+]CCc3cc(OC)c(OC)cc32)c(=O)[nH]c1=S. The Kier molecular flexibility index (Phi) is 6.97. The molecule has 1 aliphatic heterocycles. The van der Waals surface area contributed by atoms with Gasteiger partial charge in [-0.05, 0) is 36.3 Å². The number of aromatic amines is 1. The van der Waals surface area contributed by atoms with Gasteiger partial charge in [0.05, 0.1) is 20.8 Å². The molecule has 0 unspecified atom stereocenters. The monoisotopic (exact) mass is 420 g/mol. The van der Waals surface area contributed by atoms with Crippen molar-refractivity contribution in [1.29, 1.82) is 0 Å². The number of methoxy groups -OCH3 is 2. The van der Waals surface area contributed by atoms with Crippen molar-refractivity contribution in [2.75, 3.05) is 20.8 Å². The number of hydrogen-bond donors (Lipinski definition) is 3. The zero-order chi connectivity index (χ0) is 21.0. The number of H-pyrrole nitrogens is 1. The summed E-state index contributed by atoms with van der Waals surface area (Å²) in [6, 6.07) is 3.53. The van der Waals surface area contributed by atoms with Crippen LogP contribution >= 0.6 is 12.2 Å². The van der Waals surface area contributed by atoms with Gasteiger partial charge in [-0.1, -0.05) is 26.2 Å². The second-order valence-electron chi connectivity index (χ2n) is 7.37. The Morgan fingerprint density at radius 3 is 2.66 bits per heavy atom. The number of nitrogens with zero attached hydrogens (tertiary/aromatic N) is 1. The van der Waals surface area contributed by atoms with Crippen LogP contribution in [0.2, 0.25) is 0 Å². The topological polar surface area (TPSA) is 93.1 Å². The smallest absolute Gasteiger partial charge is 0.265 e. The standard InChI is InChI=1S/C21H29N3O4S/c1-4-5-6-7-10-24-20(26)17(19(25)23-21(24)29)18-14-12-16(28-3)15(27-2)11-13(14)8-9-22-18/h11-12,18,22,26H,4-10H2,1-3H3,(H,23,25,29)/p+1/t18-/m1/s1. The number of rotatable bonds is 8. The number of unbranched alkanes of at least 4 members (excludes halogenated alkanes) is 3. The number of quaternary nitrogens is 1. The normalized spacial score (nSPS) is 15.8. The highest BCUT2D eigenvalue weighted by Crippen LogP contribution is 2.36. The van der Waals surface area contributed by atoms with Crippen molar-refractivity contribution in [2.45, 2.75) is 51.6 Å². The van der Waals surface area contributed by atoms with E-state index in [0.29, 0.717) is 23.6 Å². The van der Waals surface area contributed by atoms with Crippen LogP contribution in [-0.4, -0.2) is 35.4 Å². The van der Waals surface area contributed by atoms with Crippen LogP contribution in [0.15, 0.2) is 16.9 Å². The third-order valence-electron chi connectivity index (χ3n) is 5.55. The lowest BCUT2D eigenvalue weighted by Gasteiger charge is -2.26. The molecule has 0 spiro atoms. The molecule has 1 aromatic heterocycles. The van der Waals surface area contributed by atoms with Crippen LogP contribution in [-0.2, 0) is 13.0 Å². The average Bonchev–Trinajstić information content (AvgIpc) is 2.72. The van der Waals surface area contributed by atoms with E-state index in [9.17, 15) is 9.90 Å². The Morgan fingerprint density at radius 2 is 1.97 bits per heavy atom. The van der Waals surface area contributed by atoms with Gasteiger partial charge in [0.25, 0.3) is 5.56 Å². The van der Waals surface area contributed by atoms with Crippen molar-refractivity contribution in [2.24, 2.45) is 0 Å². The minimum atomic E-state index is -0.346. The largest absolute Gasteiger partial charge is 0.494 e. The molecule has 3 rings (SSSR count). The predicted octanol–water partition coefficient (Wildman–Crippen LogP) is 2.42. The molecule has 4 N–H and O–H groups in total. The Hall–Kier alpha value is -2.32. The molecule has 0 bridgehead atoms. The molecule has 1 aromatic carbocycles. The highest BCUT2D eigenvalue weighted by molar-refractivity contribution is 7.71. The van der Waals surface area contributed by atoms with Crippen LogP contribution in [0.25, 0.3) is 0 Å². The summed E-state index contributed by atoms with van der Waals surface area (Å²) in [5, 5.41) is 13.1. The van der Waals surface area contributed by atoms with E-state index in [-0.39, 0.29) is 22.3 Å². The maximum absolute atomic E-state index is 12.8. The number of benzene rings is 1. The molecule has 1 aliphatic rings. The molecule has 0 saturated heterocycles. The first-order valence-corrected chi connectivity index (χ1v) is 10.6. The van der Waals surface area contributed by atoms with Crippen LogP contribution in [0, 0.1) is 4.77 Å². The van der Waals surface area contributed by atoms with Crippen LogP contribution in [0.5, 0.6) is 17.4 Å². The third kappa shape index (κ3) is 4.33. The van der Waals surface area contributed by atoms with E-state index < -0.39 is 0 Å². The quantitative estimate of drug-likeness (QED) is 0.451.